The average molecular weight is 154 g/mol. The van der Waals surface area contributed by atoms with Gasteiger partial charge in [-0.15, -0.1) is 0 Å². The van der Waals surface area contributed by atoms with Crippen LogP contribution in [0.3, 0.4) is 0 Å². The van der Waals surface area contributed by atoms with Crippen molar-refractivity contribution in [3.05, 3.63) is 11.3 Å². The fourth-order valence-electron chi connectivity index (χ4n) is 1.60. The van der Waals surface area contributed by atoms with Gasteiger partial charge in [-0.25, -0.2) is 0 Å². The minimum absolute atomic E-state index is 0.102. The van der Waals surface area contributed by atoms with E-state index in [0.717, 1.165) is 11.3 Å². The van der Waals surface area contributed by atoms with Gasteiger partial charge in [0.1, 0.15) is 5.76 Å². The van der Waals surface area contributed by atoms with E-state index in [1.165, 1.54) is 0 Å². The molecule has 1 rings (SSSR count). The molecule has 0 fully saturated rings. The van der Waals surface area contributed by atoms with Crippen molar-refractivity contribution in [2.75, 3.05) is 7.11 Å². The van der Waals surface area contributed by atoms with Gasteiger partial charge in [-0.05, 0) is 6.92 Å². The quantitative estimate of drug-likeness (QED) is 0.575. The lowest BCUT2D eigenvalue weighted by molar-refractivity contribution is -0.118. The number of ketones is 1. The standard InChI is InChI=1S/C9H14O2/c1-5-6(2)9(11-4)7(3)8(5)10/h5-6H,1-4H3. The molecule has 0 aromatic carbocycles. The first-order valence-electron chi connectivity index (χ1n) is 3.88. The normalized spacial score (nSPS) is 31.5. The first-order chi connectivity index (χ1) is 5.09. The number of Topliss-reactive ketones (excluding diaryl/α,β-unsaturated/α-hetero) is 1. The Kier molecular flexibility index (Phi) is 2.03. The predicted octanol–water partition coefficient (Wildman–Crippen LogP) is 1.76. The van der Waals surface area contributed by atoms with Gasteiger partial charge in [-0.2, -0.15) is 0 Å². The molecule has 2 nitrogen and oxygen atoms in total. The number of methoxy groups -OCH3 is 1. The van der Waals surface area contributed by atoms with E-state index in [9.17, 15) is 4.79 Å². The Balaban J connectivity index is 2.98. The first kappa shape index (κ1) is 8.31. The summed E-state index contributed by atoms with van der Waals surface area (Å²) in [5, 5.41) is 0. The Morgan fingerprint density at radius 2 is 1.82 bits per heavy atom. The van der Waals surface area contributed by atoms with E-state index in [1.807, 2.05) is 20.8 Å². The number of carbonyl (C=O) groups excluding carboxylic acids is 1. The van der Waals surface area contributed by atoms with Crippen molar-refractivity contribution in [2.45, 2.75) is 20.8 Å². The zero-order valence-electron chi connectivity index (χ0n) is 7.47. The maximum atomic E-state index is 11.3. The lowest BCUT2D eigenvalue weighted by Gasteiger charge is -2.10. The number of ether oxygens (including phenoxy) is 1. The molecule has 0 radical (unpaired) electrons. The molecule has 2 unspecified atom stereocenters. The molecule has 1 aliphatic carbocycles. The predicted molar refractivity (Wildman–Crippen MR) is 43.0 cm³/mol. The lowest BCUT2D eigenvalue weighted by Crippen LogP contribution is -2.11. The summed E-state index contributed by atoms with van der Waals surface area (Å²) in [6.07, 6.45) is 0. The molecule has 0 saturated heterocycles. The third-order valence-electron chi connectivity index (χ3n) is 2.54. The number of allylic oxidation sites excluding steroid dienone is 2. The molecule has 0 N–H and O–H groups in total. The molecule has 11 heavy (non-hydrogen) atoms. The zero-order valence-corrected chi connectivity index (χ0v) is 7.47. The van der Waals surface area contributed by atoms with Gasteiger partial charge in [0.15, 0.2) is 5.78 Å². The summed E-state index contributed by atoms with van der Waals surface area (Å²) >= 11 is 0. The smallest absolute Gasteiger partial charge is 0.165 e. The molecule has 2 atom stereocenters. The summed E-state index contributed by atoms with van der Waals surface area (Å²) in [5.41, 5.74) is 0.799. The molecular formula is C9H14O2. The van der Waals surface area contributed by atoms with Crippen molar-refractivity contribution in [1.82, 2.24) is 0 Å². The fourth-order valence-corrected chi connectivity index (χ4v) is 1.60. The van der Waals surface area contributed by atoms with Crippen LogP contribution in [0.2, 0.25) is 0 Å². The van der Waals surface area contributed by atoms with Crippen molar-refractivity contribution in [3.63, 3.8) is 0 Å². The second kappa shape index (κ2) is 2.68. The molecule has 62 valence electrons. The van der Waals surface area contributed by atoms with E-state index < -0.39 is 0 Å². The minimum Gasteiger partial charge on any atom is -0.500 e. The Morgan fingerprint density at radius 3 is 2.00 bits per heavy atom. The van der Waals surface area contributed by atoms with Crippen LogP contribution >= 0.6 is 0 Å². The molecule has 2 heteroatoms. The zero-order chi connectivity index (χ0) is 8.59. The summed E-state index contributed by atoms with van der Waals surface area (Å²) in [7, 11) is 1.63. The average Bonchev–Trinajstić information content (AvgIpc) is 2.17. The van der Waals surface area contributed by atoms with Crippen LogP contribution in [0.25, 0.3) is 0 Å². The minimum atomic E-state index is 0.102. The van der Waals surface area contributed by atoms with Crippen LogP contribution in [-0.4, -0.2) is 12.9 Å². The molecule has 0 bridgehead atoms. The molecule has 0 aromatic rings. The molecule has 0 heterocycles. The van der Waals surface area contributed by atoms with Crippen molar-refractivity contribution in [2.24, 2.45) is 11.8 Å². The molecule has 0 spiro atoms. The second-order valence-corrected chi connectivity index (χ2v) is 3.13. The molecular weight excluding hydrogens is 140 g/mol. The monoisotopic (exact) mass is 154 g/mol. The number of hydrogen-bond acceptors (Lipinski definition) is 2. The lowest BCUT2D eigenvalue weighted by atomic mass is 9.98. The van der Waals surface area contributed by atoms with Crippen LogP contribution in [0.5, 0.6) is 0 Å². The first-order valence-corrected chi connectivity index (χ1v) is 3.88. The van der Waals surface area contributed by atoms with E-state index in [-0.39, 0.29) is 17.6 Å². The molecule has 0 amide bonds. The second-order valence-electron chi connectivity index (χ2n) is 3.13. The molecule has 0 aromatic heterocycles. The highest BCUT2D eigenvalue weighted by molar-refractivity contribution is 5.99. The van der Waals surface area contributed by atoms with Crippen LogP contribution in [0.1, 0.15) is 20.8 Å². The SMILES string of the molecule is COC1=C(C)C(=O)C(C)C1C. The highest BCUT2D eigenvalue weighted by Gasteiger charge is 2.34. The van der Waals surface area contributed by atoms with Gasteiger partial charge >= 0.3 is 0 Å². The van der Waals surface area contributed by atoms with Crippen LogP contribution < -0.4 is 0 Å². The van der Waals surface area contributed by atoms with Crippen LogP contribution in [0, 0.1) is 11.8 Å². The van der Waals surface area contributed by atoms with Crippen molar-refractivity contribution in [3.8, 4) is 0 Å². The van der Waals surface area contributed by atoms with E-state index in [1.54, 1.807) is 7.11 Å². The maximum absolute atomic E-state index is 11.3. The third-order valence-corrected chi connectivity index (χ3v) is 2.54. The van der Waals surface area contributed by atoms with Gasteiger partial charge in [0.2, 0.25) is 0 Å². The maximum Gasteiger partial charge on any atom is 0.165 e. The van der Waals surface area contributed by atoms with Crippen molar-refractivity contribution >= 4 is 5.78 Å². The summed E-state index contributed by atoms with van der Waals surface area (Å²) in [4.78, 5) is 11.3. The van der Waals surface area contributed by atoms with E-state index >= 15 is 0 Å². The highest BCUT2D eigenvalue weighted by Crippen LogP contribution is 2.33. The number of rotatable bonds is 1. The topological polar surface area (TPSA) is 26.3 Å². The Bertz CT molecular complexity index is 216. The molecule has 0 aliphatic heterocycles. The van der Waals surface area contributed by atoms with E-state index in [0.29, 0.717) is 0 Å². The molecule has 0 saturated carbocycles. The Labute approximate surface area is 67.2 Å². The van der Waals surface area contributed by atoms with Gasteiger partial charge in [-0.3, -0.25) is 4.79 Å². The van der Waals surface area contributed by atoms with Gasteiger partial charge in [0.25, 0.3) is 0 Å². The van der Waals surface area contributed by atoms with Crippen LogP contribution in [-0.2, 0) is 9.53 Å². The van der Waals surface area contributed by atoms with Gasteiger partial charge in [0.05, 0.1) is 7.11 Å². The number of carbonyl (C=O) groups is 1. The van der Waals surface area contributed by atoms with Crippen LogP contribution in [0.15, 0.2) is 11.3 Å². The van der Waals surface area contributed by atoms with Gasteiger partial charge < -0.3 is 4.74 Å². The van der Waals surface area contributed by atoms with Crippen molar-refractivity contribution in [1.29, 1.82) is 0 Å². The Hall–Kier alpha value is -0.790. The summed E-state index contributed by atoms with van der Waals surface area (Å²) < 4.78 is 5.14. The van der Waals surface area contributed by atoms with Crippen LogP contribution in [0.4, 0.5) is 0 Å². The summed E-state index contributed by atoms with van der Waals surface area (Å²) in [5.74, 6) is 1.45. The van der Waals surface area contributed by atoms with E-state index in [2.05, 4.69) is 0 Å². The van der Waals surface area contributed by atoms with Gasteiger partial charge in [-0.1, -0.05) is 13.8 Å². The summed E-state index contributed by atoms with van der Waals surface area (Å²) in [6, 6.07) is 0. The third kappa shape index (κ3) is 1.06. The van der Waals surface area contributed by atoms with E-state index in [4.69, 9.17) is 4.74 Å². The highest BCUT2D eigenvalue weighted by atomic mass is 16.5. The van der Waals surface area contributed by atoms with Crippen molar-refractivity contribution < 1.29 is 9.53 Å². The fraction of sp³-hybridized carbons (Fsp3) is 0.667. The molecule has 1 aliphatic rings. The Morgan fingerprint density at radius 1 is 1.27 bits per heavy atom. The summed E-state index contributed by atoms with van der Waals surface area (Å²) in [6.45, 7) is 5.81. The largest absolute Gasteiger partial charge is 0.500 e. The van der Waals surface area contributed by atoms with Gasteiger partial charge in [0, 0.05) is 17.4 Å². The number of hydrogen-bond donors (Lipinski definition) is 0.